The van der Waals surface area contributed by atoms with Crippen LogP contribution < -0.4 is 15.7 Å². The number of pyridine rings is 1. The average Bonchev–Trinajstić information content (AvgIpc) is 2.94. The highest BCUT2D eigenvalue weighted by Gasteiger charge is 2.10. The van der Waals surface area contributed by atoms with Gasteiger partial charge in [0, 0.05) is 12.7 Å². The zero-order chi connectivity index (χ0) is 18.4. The summed E-state index contributed by atoms with van der Waals surface area (Å²) in [5.41, 5.74) is 0.671. The van der Waals surface area contributed by atoms with Gasteiger partial charge in [0.1, 0.15) is 11.5 Å². The molecule has 0 aliphatic heterocycles. The van der Waals surface area contributed by atoms with Crippen LogP contribution in [0.25, 0.3) is 0 Å². The first-order chi connectivity index (χ1) is 12.6. The molecule has 0 fully saturated rings. The Morgan fingerprint density at radius 2 is 1.96 bits per heavy atom. The molecular weight excluding hydrogens is 336 g/mol. The Labute approximate surface area is 148 Å². The Bertz CT molecular complexity index is 916. The number of H-pyrrole nitrogens is 2. The lowest BCUT2D eigenvalue weighted by Crippen LogP contribution is -2.27. The summed E-state index contributed by atoms with van der Waals surface area (Å²) in [4.78, 5) is 31.4. The fourth-order valence-electron chi connectivity index (χ4n) is 2.38. The Morgan fingerprint density at radius 1 is 1.15 bits per heavy atom. The SMILES string of the molecule is O=C(Cc1[nH]c(=O)[nH]c1O)NCCc1ccc(Oc2cccnc2)cc1. The summed E-state index contributed by atoms with van der Waals surface area (Å²) in [7, 11) is 0. The van der Waals surface area contributed by atoms with E-state index in [1.165, 1.54) is 0 Å². The fraction of sp³-hybridized carbons (Fsp3) is 0.167. The van der Waals surface area contributed by atoms with Crippen LogP contribution in [-0.4, -0.2) is 32.5 Å². The smallest absolute Gasteiger partial charge is 0.325 e. The predicted molar refractivity (Wildman–Crippen MR) is 94.2 cm³/mol. The minimum Gasteiger partial charge on any atom is -0.493 e. The van der Waals surface area contributed by atoms with Crippen molar-refractivity contribution in [1.82, 2.24) is 20.3 Å². The molecule has 134 valence electrons. The molecule has 0 saturated carbocycles. The molecule has 0 saturated heterocycles. The van der Waals surface area contributed by atoms with Crippen molar-refractivity contribution < 1.29 is 14.6 Å². The summed E-state index contributed by atoms with van der Waals surface area (Å²) in [6, 6.07) is 11.2. The Hall–Kier alpha value is -3.55. The number of ether oxygens (including phenoxy) is 1. The van der Waals surface area contributed by atoms with E-state index in [0.717, 1.165) is 5.56 Å². The van der Waals surface area contributed by atoms with Crippen molar-refractivity contribution in [3.63, 3.8) is 0 Å². The molecule has 2 aromatic heterocycles. The first-order valence-electron chi connectivity index (χ1n) is 8.04. The van der Waals surface area contributed by atoms with Crippen molar-refractivity contribution in [3.8, 4) is 17.4 Å². The summed E-state index contributed by atoms with van der Waals surface area (Å²) >= 11 is 0. The number of carbonyl (C=O) groups is 1. The van der Waals surface area contributed by atoms with Gasteiger partial charge in [-0.2, -0.15) is 0 Å². The molecule has 1 aromatic carbocycles. The fourth-order valence-corrected chi connectivity index (χ4v) is 2.38. The lowest BCUT2D eigenvalue weighted by Gasteiger charge is -2.07. The van der Waals surface area contributed by atoms with Gasteiger partial charge in [0.05, 0.1) is 18.3 Å². The number of aromatic amines is 2. The van der Waals surface area contributed by atoms with Crippen LogP contribution >= 0.6 is 0 Å². The summed E-state index contributed by atoms with van der Waals surface area (Å²) in [6.45, 7) is 0.442. The Morgan fingerprint density at radius 3 is 2.62 bits per heavy atom. The molecule has 3 aromatic rings. The van der Waals surface area contributed by atoms with Crippen LogP contribution in [0.1, 0.15) is 11.3 Å². The number of benzene rings is 1. The maximum absolute atomic E-state index is 11.8. The molecule has 0 aliphatic carbocycles. The van der Waals surface area contributed by atoms with E-state index in [1.807, 2.05) is 30.3 Å². The van der Waals surface area contributed by atoms with E-state index in [1.54, 1.807) is 18.5 Å². The maximum atomic E-state index is 11.8. The molecule has 0 aliphatic rings. The van der Waals surface area contributed by atoms with Crippen molar-refractivity contribution >= 4 is 5.91 Å². The zero-order valence-corrected chi connectivity index (χ0v) is 13.9. The molecule has 8 heteroatoms. The van der Waals surface area contributed by atoms with E-state index in [4.69, 9.17) is 4.74 Å². The highest BCUT2D eigenvalue weighted by molar-refractivity contribution is 5.78. The van der Waals surface area contributed by atoms with E-state index < -0.39 is 5.69 Å². The second kappa shape index (κ2) is 8.02. The van der Waals surface area contributed by atoms with E-state index >= 15 is 0 Å². The highest BCUT2D eigenvalue weighted by atomic mass is 16.5. The monoisotopic (exact) mass is 354 g/mol. The quantitative estimate of drug-likeness (QED) is 0.512. The van der Waals surface area contributed by atoms with E-state index in [0.29, 0.717) is 24.5 Å². The molecule has 0 spiro atoms. The maximum Gasteiger partial charge on any atom is 0.325 e. The Balaban J connectivity index is 1.45. The predicted octanol–water partition coefficient (Wildman–Crippen LogP) is 1.50. The first kappa shape index (κ1) is 17.3. The molecule has 8 nitrogen and oxygen atoms in total. The second-order valence-corrected chi connectivity index (χ2v) is 5.62. The van der Waals surface area contributed by atoms with Gasteiger partial charge in [0.2, 0.25) is 11.8 Å². The molecule has 2 heterocycles. The lowest BCUT2D eigenvalue weighted by atomic mass is 10.1. The summed E-state index contributed by atoms with van der Waals surface area (Å²) < 4.78 is 5.67. The third kappa shape index (κ3) is 4.73. The van der Waals surface area contributed by atoms with Crippen LogP contribution in [0.2, 0.25) is 0 Å². The third-order valence-corrected chi connectivity index (χ3v) is 3.65. The van der Waals surface area contributed by atoms with Crippen molar-refractivity contribution in [2.75, 3.05) is 6.54 Å². The van der Waals surface area contributed by atoms with Gasteiger partial charge in [-0.15, -0.1) is 0 Å². The van der Waals surface area contributed by atoms with Gasteiger partial charge in [0.15, 0.2) is 0 Å². The van der Waals surface area contributed by atoms with Gasteiger partial charge in [-0.05, 0) is 36.2 Å². The largest absolute Gasteiger partial charge is 0.493 e. The van der Waals surface area contributed by atoms with Crippen molar-refractivity contribution in [1.29, 1.82) is 0 Å². The topological polar surface area (TPSA) is 120 Å². The van der Waals surface area contributed by atoms with E-state index in [9.17, 15) is 14.7 Å². The van der Waals surface area contributed by atoms with Crippen LogP contribution in [0.5, 0.6) is 17.4 Å². The number of amides is 1. The van der Waals surface area contributed by atoms with Crippen LogP contribution in [0.4, 0.5) is 0 Å². The number of hydrogen-bond acceptors (Lipinski definition) is 5. The van der Waals surface area contributed by atoms with Crippen LogP contribution in [0.3, 0.4) is 0 Å². The van der Waals surface area contributed by atoms with E-state index in [-0.39, 0.29) is 23.9 Å². The Kier molecular flexibility index (Phi) is 5.33. The minimum atomic E-state index is -0.543. The van der Waals surface area contributed by atoms with Crippen molar-refractivity contribution in [2.24, 2.45) is 0 Å². The molecule has 1 amide bonds. The third-order valence-electron chi connectivity index (χ3n) is 3.65. The molecule has 0 radical (unpaired) electrons. The van der Waals surface area contributed by atoms with Crippen LogP contribution in [-0.2, 0) is 17.6 Å². The molecule has 4 N–H and O–H groups in total. The van der Waals surface area contributed by atoms with Gasteiger partial charge >= 0.3 is 5.69 Å². The number of aromatic hydroxyl groups is 1. The van der Waals surface area contributed by atoms with Crippen molar-refractivity contribution in [3.05, 3.63) is 70.5 Å². The molecule has 3 rings (SSSR count). The summed E-state index contributed by atoms with van der Waals surface area (Å²) in [6.07, 6.45) is 3.87. The summed E-state index contributed by atoms with van der Waals surface area (Å²) in [5, 5.41) is 12.2. The van der Waals surface area contributed by atoms with Gasteiger partial charge < -0.3 is 20.1 Å². The lowest BCUT2D eigenvalue weighted by molar-refractivity contribution is -0.120. The second-order valence-electron chi connectivity index (χ2n) is 5.62. The van der Waals surface area contributed by atoms with Gasteiger partial charge in [-0.3, -0.25) is 14.8 Å². The number of carbonyl (C=O) groups excluding carboxylic acids is 1. The van der Waals surface area contributed by atoms with Gasteiger partial charge in [-0.1, -0.05) is 12.1 Å². The number of nitrogens with zero attached hydrogens (tertiary/aromatic N) is 1. The normalized spacial score (nSPS) is 10.5. The van der Waals surface area contributed by atoms with Gasteiger partial charge in [0.25, 0.3) is 0 Å². The average molecular weight is 354 g/mol. The molecule has 26 heavy (non-hydrogen) atoms. The number of aromatic nitrogens is 3. The first-order valence-corrected chi connectivity index (χ1v) is 8.04. The number of nitrogens with one attached hydrogen (secondary N) is 3. The zero-order valence-electron chi connectivity index (χ0n) is 13.9. The van der Waals surface area contributed by atoms with Gasteiger partial charge in [-0.25, -0.2) is 4.79 Å². The van der Waals surface area contributed by atoms with Crippen LogP contribution in [0, 0.1) is 0 Å². The molecule has 0 atom stereocenters. The molecule has 0 unspecified atom stereocenters. The number of imidazole rings is 1. The molecule has 0 bridgehead atoms. The van der Waals surface area contributed by atoms with Crippen LogP contribution in [0.15, 0.2) is 53.6 Å². The van der Waals surface area contributed by atoms with E-state index in [2.05, 4.69) is 20.3 Å². The number of rotatable bonds is 7. The number of hydrogen-bond donors (Lipinski definition) is 4. The standard InChI is InChI=1S/C18H18N4O4/c23-16(10-15-17(24)22-18(25)21-15)20-9-7-12-3-5-13(6-4-12)26-14-2-1-8-19-11-14/h1-6,8,11,24H,7,9-10H2,(H,20,23)(H2,21,22,25). The minimum absolute atomic E-state index is 0.0948. The van der Waals surface area contributed by atoms with Crippen molar-refractivity contribution in [2.45, 2.75) is 12.8 Å². The molecular formula is C18H18N4O4. The highest BCUT2D eigenvalue weighted by Crippen LogP contribution is 2.20. The summed E-state index contributed by atoms with van der Waals surface area (Å²) in [5.74, 6) is 0.776.